The van der Waals surface area contributed by atoms with Crippen molar-refractivity contribution in [2.45, 2.75) is 39.8 Å². The van der Waals surface area contributed by atoms with Crippen molar-refractivity contribution in [1.82, 2.24) is 10.6 Å². The summed E-state index contributed by atoms with van der Waals surface area (Å²) in [5.74, 6) is 0.972. The largest absolute Gasteiger partial charge is 0.484 e. The Hall–Kier alpha value is -2.76. The molecule has 0 unspecified atom stereocenters. The summed E-state index contributed by atoms with van der Waals surface area (Å²) in [6.45, 7) is 6.14. The van der Waals surface area contributed by atoms with E-state index in [0.717, 1.165) is 5.56 Å². The van der Waals surface area contributed by atoms with Gasteiger partial charge in [-0.2, -0.15) is 0 Å². The molecule has 0 spiro atoms. The molecule has 0 bridgehead atoms. The number of hydrogen-bond acceptors (Lipinski definition) is 4. The highest BCUT2D eigenvalue weighted by atomic mass is 16.5. The number of hydrogen-bond donors (Lipinski definition) is 2. The number of aryl methyl sites for hydroxylation is 1. The van der Waals surface area contributed by atoms with E-state index >= 15 is 0 Å². The molecule has 1 atom stereocenters. The van der Waals surface area contributed by atoms with Crippen LogP contribution in [0.15, 0.2) is 47.1 Å². The maximum absolute atomic E-state index is 12.4. The second-order valence-corrected chi connectivity index (χ2v) is 6.65. The molecule has 0 aliphatic heterocycles. The van der Waals surface area contributed by atoms with E-state index in [0.29, 0.717) is 17.9 Å². The van der Waals surface area contributed by atoms with Crippen molar-refractivity contribution in [2.24, 2.45) is 5.92 Å². The molecule has 2 amide bonds. The highest BCUT2D eigenvalue weighted by Crippen LogP contribution is 2.11. The van der Waals surface area contributed by atoms with Crippen molar-refractivity contribution >= 4 is 11.8 Å². The molecule has 0 aliphatic rings. The number of rotatable bonds is 9. The van der Waals surface area contributed by atoms with E-state index < -0.39 is 6.04 Å². The van der Waals surface area contributed by atoms with Crippen LogP contribution in [0.3, 0.4) is 0 Å². The summed E-state index contributed by atoms with van der Waals surface area (Å²) in [7, 11) is 0. The Balaban J connectivity index is 1.85. The molecular weight excluding hydrogens is 332 g/mol. The van der Waals surface area contributed by atoms with Crippen LogP contribution < -0.4 is 15.4 Å². The molecule has 6 nitrogen and oxygen atoms in total. The first-order valence-corrected chi connectivity index (χ1v) is 8.73. The minimum atomic E-state index is -0.612. The first kappa shape index (κ1) is 19.6. The van der Waals surface area contributed by atoms with Gasteiger partial charge in [0.25, 0.3) is 5.91 Å². The highest BCUT2D eigenvalue weighted by Gasteiger charge is 2.22. The van der Waals surface area contributed by atoms with Gasteiger partial charge in [0.05, 0.1) is 12.8 Å². The Morgan fingerprint density at radius 3 is 2.50 bits per heavy atom. The van der Waals surface area contributed by atoms with Gasteiger partial charge in [0.15, 0.2) is 6.61 Å². The SMILES string of the molecule is Cc1ccc(OCC(=O)N[C@@H](CC(C)C)C(=O)NCc2ccco2)cc1. The van der Waals surface area contributed by atoms with Crippen LogP contribution in [0.1, 0.15) is 31.6 Å². The van der Waals surface area contributed by atoms with Gasteiger partial charge in [-0.15, -0.1) is 0 Å². The van der Waals surface area contributed by atoms with Crippen LogP contribution in [0.25, 0.3) is 0 Å². The highest BCUT2D eigenvalue weighted by molar-refractivity contribution is 5.88. The van der Waals surface area contributed by atoms with E-state index in [1.54, 1.807) is 18.4 Å². The quantitative estimate of drug-likeness (QED) is 0.722. The Morgan fingerprint density at radius 1 is 1.15 bits per heavy atom. The molecule has 0 saturated heterocycles. The molecule has 140 valence electrons. The maximum Gasteiger partial charge on any atom is 0.258 e. The van der Waals surface area contributed by atoms with E-state index in [1.165, 1.54) is 0 Å². The predicted octanol–water partition coefficient (Wildman–Crippen LogP) is 2.81. The molecule has 1 aromatic carbocycles. The molecule has 1 aromatic heterocycles. The van der Waals surface area contributed by atoms with Crippen molar-refractivity contribution in [2.75, 3.05) is 6.61 Å². The summed E-state index contributed by atoms with van der Waals surface area (Å²) in [5.41, 5.74) is 1.12. The van der Waals surface area contributed by atoms with Gasteiger partial charge in [-0.3, -0.25) is 9.59 Å². The van der Waals surface area contributed by atoms with Gasteiger partial charge in [-0.05, 0) is 43.5 Å². The normalized spacial score (nSPS) is 11.8. The zero-order chi connectivity index (χ0) is 18.9. The zero-order valence-electron chi connectivity index (χ0n) is 15.5. The Labute approximate surface area is 153 Å². The van der Waals surface area contributed by atoms with Gasteiger partial charge in [0.2, 0.25) is 5.91 Å². The van der Waals surface area contributed by atoms with E-state index in [4.69, 9.17) is 9.15 Å². The van der Waals surface area contributed by atoms with Crippen LogP contribution in [0, 0.1) is 12.8 Å². The van der Waals surface area contributed by atoms with Gasteiger partial charge in [-0.25, -0.2) is 0 Å². The van der Waals surface area contributed by atoms with E-state index in [2.05, 4.69) is 10.6 Å². The van der Waals surface area contributed by atoms with Crippen molar-refractivity contribution in [3.8, 4) is 5.75 Å². The Kier molecular flexibility index (Phi) is 7.26. The average molecular weight is 358 g/mol. The lowest BCUT2D eigenvalue weighted by atomic mass is 10.0. The van der Waals surface area contributed by atoms with E-state index in [1.807, 2.05) is 45.0 Å². The maximum atomic E-state index is 12.4. The molecule has 2 rings (SSSR count). The fourth-order valence-electron chi connectivity index (χ4n) is 2.43. The zero-order valence-corrected chi connectivity index (χ0v) is 15.5. The van der Waals surface area contributed by atoms with Crippen LogP contribution in [0.4, 0.5) is 0 Å². The Morgan fingerprint density at radius 2 is 1.88 bits per heavy atom. The fraction of sp³-hybridized carbons (Fsp3) is 0.400. The lowest BCUT2D eigenvalue weighted by Gasteiger charge is -2.20. The molecule has 6 heteroatoms. The smallest absolute Gasteiger partial charge is 0.258 e. The van der Waals surface area contributed by atoms with Gasteiger partial charge >= 0.3 is 0 Å². The van der Waals surface area contributed by atoms with E-state index in [-0.39, 0.29) is 30.9 Å². The third-order valence-electron chi connectivity index (χ3n) is 3.77. The second-order valence-electron chi connectivity index (χ2n) is 6.65. The molecular formula is C20H26N2O4. The third kappa shape index (κ3) is 6.63. The predicted molar refractivity (Wildman–Crippen MR) is 98.6 cm³/mol. The lowest BCUT2D eigenvalue weighted by molar-refractivity contribution is -0.130. The van der Waals surface area contributed by atoms with Crippen molar-refractivity contribution in [3.05, 3.63) is 54.0 Å². The number of nitrogens with one attached hydrogen (secondary N) is 2. The van der Waals surface area contributed by atoms with Crippen LogP contribution in [-0.2, 0) is 16.1 Å². The summed E-state index contributed by atoms with van der Waals surface area (Å²) < 4.78 is 10.7. The minimum absolute atomic E-state index is 0.136. The van der Waals surface area contributed by atoms with Gasteiger partial charge in [0, 0.05) is 0 Å². The van der Waals surface area contributed by atoms with Gasteiger partial charge in [-0.1, -0.05) is 31.5 Å². The molecule has 2 N–H and O–H groups in total. The van der Waals surface area contributed by atoms with Gasteiger partial charge in [0.1, 0.15) is 17.6 Å². The molecule has 0 aliphatic carbocycles. The second kappa shape index (κ2) is 9.65. The average Bonchev–Trinajstić information content (AvgIpc) is 3.12. The molecule has 0 fully saturated rings. The summed E-state index contributed by atoms with van der Waals surface area (Å²) in [6, 6.07) is 10.4. The summed E-state index contributed by atoms with van der Waals surface area (Å²) in [5, 5.41) is 5.54. The minimum Gasteiger partial charge on any atom is -0.484 e. The van der Waals surface area contributed by atoms with Crippen LogP contribution in [0.2, 0.25) is 0 Å². The monoisotopic (exact) mass is 358 g/mol. The fourth-order valence-corrected chi connectivity index (χ4v) is 2.43. The summed E-state index contributed by atoms with van der Waals surface area (Å²) in [4.78, 5) is 24.6. The number of furan rings is 1. The standard InChI is InChI=1S/C20H26N2O4/c1-14(2)11-18(20(24)21-12-17-5-4-10-25-17)22-19(23)13-26-16-8-6-15(3)7-9-16/h4-10,14,18H,11-13H2,1-3H3,(H,21,24)(H,22,23)/t18-/m0/s1. The molecule has 0 saturated carbocycles. The number of carbonyl (C=O) groups excluding carboxylic acids is 2. The first-order chi connectivity index (χ1) is 12.4. The summed E-state index contributed by atoms with van der Waals surface area (Å²) in [6.07, 6.45) is 2.09. The molecule has 26 heavy (non-hydrogen) atoms. The van der Waals surface area contributed by atoms with Gasteiger partial charge < -0.3 is 19.8 Å². The number of ether oxygens (including phenoxy) is 1. The van der Waals surface area contributed by atoms with Crippen molar-refractivity contribution in [3.63, 3.8) is 0 Å². The van der Waals surface area contributed by atoms with Crippen LogP contribution >= 0.6 is 0 Å². The third-order valence-corrected chi connectivity index (χ3v) is 3.77. The van der Waals surface area contributed by atoms with Crippen molar-refractivity contribution < 1.29 is 18.7 Å². The lowest BCUT2D eigenvalue weighted by Crippen LogP contribution is -2.48. The molecule has 2 aromatic rings. The summed E-state index contributed by atoms with van der Waals surface area (Å²) >= 11 is 0. The Bertz CT molecular complexity index is 693. The van der Waals surface area contributed by atoms with E-state index in [9.17, 15) is 9.59 Å². The number of benzene rings is 1. The molecule has 1 heterocycles. The van der Waals surface area contributed by atoms with Crippen LogP contribution in [0.5, 0.6) is 5.75 Å². The first-order valence-electron chi connectivity index (χ1n) is 8.73. The van der Waals surface area contributed by atoms with Crippen LogP contribution in [-0.4, -0.2) is 24.5 Å². The van der Waals surface area contributed by atoms with Crippen molar-refractivity contribution in [1.29, 1.82) is 0 Å². The number of carbonyl (C=O) groups is 2. The molecule has 0 radical (unpaired) electrons. The number of amides is 2. The topological polar surface area (TPSA) is 80.6 Å².